The number of likely N-dealkylation sites (N-methyl/N-ethyl adjacent to an activating group) is 1. The Balaban J connectivity index is 1.63. The Bertz CT molecular complexity index is 1150. The minimum atomic E-state index is -0.251. The van der Waals surface area contributed by atoms with Gasteiger partial charge in [-0.15, -0.1) is 5.10 Å². The van der Waals surface area contributed by atoms with Crippen molar-refractivity contribution in [2.24, 2.45) is 0 Å². The summed E-state index contributed by atoms with van der Waals surface area (Å²) >= 11 is 0. The zero-order chi connectivity index (χ0) is 22.2. The maximum absolute atomic E-state index is 13.4. The van der Waals surface area contributed by atoms with Crippen LogP contribution in [0.3, 0.4) is 0 Å². The molecule has 2 aromatic heterocycles. The van der Waals surface area contributed by atoms with E-state index in [1.165, 1.54) is 18.4 Å². The highest BCUT2D eigenvalue weighted by Crippen LogP contribution is 2.34. The van der Waals surface area contributed by atoms with E-state index in [2.05, 4.69) is 63.2 Å². The molecule has 0 radical (unpaired) electrons. The SMILES string of the molecule is CCN1CCN([C@@H](c2cc3c(C)cc(C)cc3[nH]c2=O)c2nnnn2C2CCCC2)CC1. The van der Waals surface area contributed by atoms with Gasteiger partial charge in [-0.1, -0.05) is 25.8 Å². The number of fused-ring (bicyclic) bond motifs is 1. The molecule has 2 aliphatic rings. The zero-order valence-corrected chi connectivity index (χ0v) is 19.3. The number of hydrogen-bond donors (Lipinski definition) is 1. The minimum absolute atomic E-state index is 0.0496. The molecule has 5 rings (SSSR count). The number of tetrazole rings is 1. The Morgan fingerprint density at radius 3 is 2.56 bits per heavy atom. The van der Waals surface area contributed by atoms with Crippen LogP contribution >= 0.6 is 0 Å². The molecule has 8 nitrogen and oxygen atoms in total. The molecular weight excluding hydrogens is 402 g/mol. The number of pyridine rings is 1. The van der Waals surface area contributed by atoms with E-state index in [1.807, 2.05) is 10.7 Å². The second-order valence-corrected chi connectivity index (χ2v) is 9.39. The van der Waals surface area contributed by atoms with Crippen molar-refractivity contribution in [1.29, 1.82) is 0 Å². The summed E-state index contributed by atoms with van der Waals surface area (Å²) in [4.78, 5) is 21.4. The van der Waals surface area contributed by atoms with Gasteiger partial charge in [0.2, 0.25) is 0 Å². The van der Waals surface area contributed by atoms with E-state index >= 15 is 0 Å². The number of aromatic nitrogens is 5. The highest BCUT2D eigenvalue weighted by atomic mass is 16.1. The Hall–Kier alpha value is -2.58. The molecule has 0 spiro atoms. The van der Waals surface area contributed by atoms with Crippen molar-refractivity contribution < 1.29 is 0 Å². The molecule has 0 bridgehead atoms. The predicted molar refractivity (Wildman–Crippen MR) is 125 cm³/mol. The summed E-state index contributed by atoms with van der Waals surface area (Å²) in [7, 11) is 0. The lowest BCUT2D eigenvalue weighted by Gasteiger charge is -2.38. The van der Waals surface area contributed by atoms with Crippen LogP contribution in [0, 0.1) is 13.8 Å². The van der Waals surface area contributed by atoms with Gasteiger partial charge in [0.1, 0.15) is 6.04 Å². The van der Waals surface area contributed by atoms with E-state index in [0.29, 0.717) is 6.04 Å². The second kappa shape index (κ2) is 8.75. The molecule has 0 unspecified atom stereocenters. The molecule has 1 N–H and O–H groups in total. The summed E-state index contributed by atoms with van der Waals surface area (Å²) in [6.45, 7) is 11.2. The van der Waals surface area contributed by atoms with Crippen LogP contribution in [-0.4, -0.2) is 67.7 Å². The van der Waals surface area contributed by atoms with Crippen LogP contribution < -0.4 is 5.56 Å². The summed E-state index contributed by atoms with van der Waals surface area (Å²) in [5, 5.41) is 14.1. The zero-order valence-electron chi connectivity index (χ0n) is 19.3. The first-order chi connectivity index (χ1) is 15.5. The van der Waals surface area contributed by atoms with Crippen molar-refractivity contribution in [3.63, 3.8) is 0 Å². The number of benzene rings is 1. The van der Waals surface area contributed by atoms with Crippen molar-refractivity contribution >= 4 is 10.9 Å². The van der Waals surface area contributed by atoms with Gasteiger partial charge < -0.3 is 9.88 Å². The van der Waals surface area contributed by atoms with Crippen LogP contribution in [0.1, 0.15) is 67.2 Å². The predicted octanol–water partition coefficient (Wildman–Crippen LogP) is 2.97. The van der Waals surface area contributed by atoms with E-state index in [9.17, 15) is 4.79 Å². The third-order valence-corrected chi connectivity index (χ3v) is 7.29. The number of piperazine rings is 1. The van der Waals surface area contributed by atoms with Gasteiger partial charge in [-0.05, 0) is 66.9 Å². The first-order valence-corrected chi connectivity index (χ1v) is 11.9. The number of nitrogens with one attached hydrogen (secondary N) is 1. The maximum Gasteiger partial charge on any atom is 0.253 e. The van der Waals surface area contributed by atoms with Crippen molar-refractivity contribution in [1.82, 2.24) is 35.0 Å². The first-order valence-electron chi connectivity index (χ1n) is 11.9. The highest BCUT2D eigenvalue weighted by molar-refractivity contribution is 5.83. The molecule has 1 aliphatic carbocycles. The summed E-state index contributed by atoms with van der Waals surface area (Å²) in [5.41, 5.74) is 3.90. The molecule has 1 atom stereocenters. The molecule has 1 aromatic carbocycles. The quantitative estimate of drug-likeness (QED) is 0.663. The maximum atomic E-state index is 13.4. The van der Waals surface area contributed by atoms with Gasteiger partial charge in [0.15, 0.2) is 5.82 Å². The van der Waals surface area contributed by atoms with Crippen molar-refractivity contribution in [3.8, 4) is 0 Å². The van der Waals surface area contributed by atoms with Crippen LogP contribution in [-0.2, 0) is 0 Å². The number of aromatic amines is 1. The van der Waals surface area contributed by atoms with Crippen molar-refractivity contribution in [3.05, 3.63) is 51.1 Å². The average molecular weight is 436 g/mol. The molecule has 0 amide bonds. The lowest BCUT2D eigenvalue weighted by molar-refractivity contribution is 0.107. The normalized spacial score (nSPS) is 19.7. The molecule has 3 aromatic rings. The number of hydrogen-bond acceptors (Lipinski definition) is 6. The fourth-order valence-corrected chi connectivity index (χ4v) is 5.52. The highest BCUT2D eigenvalue weighted by Gasteiger charge is 2.34. The molecule has 3 heterocycles. The van der Waals surface area contributed by atoms with Crippen LogP contribution in [0.2, 0.25) is 0 Å². The van der Waals surface area contributed by atoms with E-state index in [-0.39, 0.29) is 11.6 Å². The fraction of sp³-hybridized carbons (Fsp3) is 0.583. The van der Waals surface area contributed by atoms with Crippen LogP contribution in [0.4, 0.5) is 0 Å². The average Bonchev–Trinajstić information content (AvgIpc) is 3.47. The topological polar surface area (TPSA) is 82.9 Å². The van der Waals surface area contributed by atoms with Crippen molar-refractivity contribution in [2.45, 2.75) is 58.5 Å². The van der Waals surface area contributed by atoms with Gasteiger partial charge in [0.25, 0.3) is 5.56 Å². The van der Waals surface area contributed by atoms with Gasteiger partial charge >= 0.3 is 0 Å². The van der Waals surface area contributed by atoms with E-state index in [1.54, 1.807) is 0 Å². The first kappa shape index (κ1) is 21.3. The monoisotopic (exact) mass is 435 g/mol. The van der Waals surface area contributed by atoms with Crippen LogP contribution in [0.5, 0.6) is 0 Å². The Labute approximate surface area is 188 Å². The molecule has 170 valence electrons. The standard InChI is InChI=1S/C24H33N7O/c1-4-29-9-11-30(12-10-29)22(23-26-27-28-31(23)18-7-5-6-8-18)20-15-19-17(3)13-16(2)14-21(19)25-24(20)32/h13-15,18,22H,4-12H2,1-3H3,(H,25,32)/t22-/m0/s1. The second-order valence-electron chi connectivity index (χ2n) is 9.39. The summed E-state index contributed by atoms with van der Waals surface area (Å²) < 4.78 is 2.01. The van der Waals surface area contributed by atoms with Crippen LogP contribution in [0.15, 0.2) is 23.0 Å². The van der Waals surface area contributed by atoms with E-state index in [4.69, 9.17) is 0 Å². The lowest BCUT2D eigenvalue weighted by Crippen LogP contribution is -2.49. The van der Waals surface area contributed by atoms with Gasteiger partial charge in [-0.3, -0.25) is 9.69 Å². The van der Waals surface area contributed by atoms with E-state index in [0.717, 1.165) is 73.4 Å². The van der Waals surface area contributed by atoms with Crippen molar-refractivity contribution in [2.75, 3.05) is 32.7 Å². The fourth-order valence-electron chi connectivity index (χ4n) is 5.52. The minimum Gasteiger partial charge on any atom is -0.322 e. The number of rotatable bonds is 5. The van der Waals surface area contributed by atoms with Gasteiger partial charge in [-0.25, -0.2) is 4.68 Å². The number of H-pyrrole nitrogens is 1. The van der Waals surface area contributed by atoms with Gasteiger partial charge in [0, 0.05) is 42.6 Å². The molecule has 1 saturated heterocycles. The molecule has 8 heteroatoms. The Morgan fingerprint density at radius 2 is 1.84 bits per heavy atom. The largest absolute Gasteiger partial charge is 0.322 e. The smallest absolute Gasteiger partial charge is 0.253 e. The molecule has 2 fully saturated rings. The third kappa shape index (κ3) is 3.86. The lowest BCUT2D eigenvalue weighted by atomic mass is 9.99. The Morgan fingerprint density at radius 1 is 1.09 bits per heavy atom. The van der Waals surface area contributed by atoms with Gasteiger partial charge in [0.05, 0.1) is 6.04 Å². The molecular formula is C24H33N7O. The number of nitrogens with zero attached hydrogens (tertiary/aromatic N) is 6. The van der Waals surface area contributed by atoms with E-state index < -0.39 is 0 Å². The summed E-state index contributed by atoms with van der Waals surface area (Å²) in [5.74, 6) is 0.802. The third-order valence-electron chi connectivity index (χ3n) is 7.29. The molecule has 32 heavy (non-hydrogen) atoms. The molecule has 1 saturated carbocycles. The Kier molecular flexibility index (Phi) is 5.82. The molecule has 1 aliphatic heterocycles. The summed E-state index contributed by atoms with van der Waals surface area (Å²) in [6, 6.07) is 6.36. The summed E-state index contributed by atoms with van der Waals surface area (Å²) in [6.07, 6.45) is 4.61. The van der Waals surface area contributed by atoms with Gasteiger partial charge in [-0.2, -0.15) is 0 Å². The van der Waals surface area contributed by atoms with Crippen LogP contribution in [0.25, 0.3) is 10.9 Å². The number of aryl methyl sites for hydroxylation is 2.